The zero-order valence-corrected chi connectivity index (χ0v) is 7.82. The number of hydrogen-bond acceptors (Lipinski definition) is 4. The highest BCUT2D eigenvalue weighted by molar-refractivity contribution is 6.44. The van der Waals surface area contributed by atoms with Gasteiger partial charge in [-0.15, -0.1) is 0 Å². The van der Waals surface area contributed by atoms with Crippen molar-refractivity contribution in [1.82, 2.24) is 0 Å². The molecule has 2 aliphatic rings. The Morgan fingerprint density at radius 1 is 1.50 bits per heavy atom. The molecule has 1 heterocycles. The van der Waals surface area contributed by atoms with Crippen molar-refractivity contribution in [2.75, 3.05) is 13.2 Å². The summed E-state index contributed by atoms with van der Waals surface area (Å²) in [6, 6.07) is 0. The van der Waals surface area contributed by atoms with Gasteiger partial charge in [0.1, 0.15) is 0 Å². The Labute approximate surface area is 84.1 Å². The lowest BCUT2D eigenvalue weighted by Gasteiger charge is -2.21. The third-order valence-electron chi connectivity index (χ3n) is 2.11. The molecule has 7 heteroatoms. The van der Waals surface area contributed by atoms with E-state index in [0.717, 1.165) is 0 Å². The number of carbonyl (C=O) groups excluding carboxylic acids is 1. The van der Waals surface area contributed by atoms with E-state index in [4.69, 9.17) is 26.6 Å². The van der Waals surface area contributed by atoms with Crippen LogP contribution in [0.15, 0.2) is 15.8 Å². The predicted octanol–water partition coefficient (Wildman–Crippen LogP) is 1.46. The predicted molar refractivity (Wildman–Crippen MR) is 46.3 cm³/mol. The molecule has 1 aliphatic carbocycles. The molecule has 0 aromatic heterocycles. The van der Waals surface area contributed by atoms with Gasteiger partial charge in [-0.3, -0.25) is 4.79 Å². The third kappa shape index (κ3) is 1.20. The van der Waals surface area contributed by atoms with E-state index in [2.05, 4.69) is 10.0 Å². The Hall–Kier alpha value is -1.07. The Bertz CT molecular complexity index is 366. The molecule has 0 saturated carbocycles. The van der Waals surface area contributed by atoms with Gasteiger partial charge in [0, 0.05) is 4.91 Å². The lowest BCUT2D eigenvalue weighted by Crippen LogP contribution is -2.29. The zero-order chi connectivity index (χ0) is 10.2. The molecule has 6 nitrogen and oxygen atoms in total. The van der Waals surface area contributed by atoms with Crippen molar-refractivity contribution < 1.29 is 14.3 Å². The van der Waals surface area contributed by atoms with E-state index in [0.29, 0.717) is 13.2 Å². The van der Waals surface area contributed by atoms with Crippen LogP contribution in [0, 0.1) is 0 Å². The number of ketones is 1. The van der Waals surface area contributed by atoms with Crippen molar-refractivity contribution in [2.24, 2.45) is 5.11 Å². The number of carbonyl (C=O) groups is 1. The van der Waals surface area contributed by atoms with Crippen LogP contribution in [0.3, 0.4) is 0 Å². The molecule has 0 radical (unpaired) electrons. The molecular weight excluding hydrogens is 210 g/mol. The lowest BCUT2D eigenvalue weighted by molar-refractivity contribution is -0.140. The second-order valence-corrected chi connectivity index (χ2v) is 3.28. The average Bonchev–Trinajstić information content (AvgIpc) is 2.69. The molecule has 74 valence electrons. The largest absolute Gasteiger partial charge is 0.343 e. The van der Waals surface area contributed by atoms with E-state index in [-0.39, 0.29) is 22.9 Å². The second-order valence-electron chi connectivity index (χ2n) is 2.90. The third-order valence-corrected chi connectivity index (χ3v) is 2.50. The molecule has 0 N–H and O–H groups in total. The smallest absolute Gasteiger partial charge is 0.206 e. The standard InChI is InChI=1S/C7H6ClN3O3/c8-5-4(12)3-7(6(5)10-11-9)13-1-2-14-7/h1-3H2. The molecule has 1 spiro atoms. The number of allylic oxidation sites excluding steroid dienone is 1. The monoisotopic (exact) mass is 215 g/mol. The van der Waals surface area contributed by atoms with Crippen molar-refractivity contribution in [3.63, 3.8) is 0 Å². The van der Waals surface area contributed by atoms with Crippen molar-refractivity contribution in [3.8, 4) is 0 Å². The molecule has 14 heavy (non-hydrogen) atoms. The van der Waals surface area contributed by atoms with Crippen LogP contribution in [0.1, 0.15) is 6.42 Å². The van der Waals surface area contributed by atoms with Crippen LogP contribution in [0.25, 0.3) is 10.4 Å². The molecule has 0 aromatic rings. The maximum atomic E-state index is 11.3. The van der Waals surface area contributed by atoms with Crippen molar-refractivity contribution in [3.05, 3.63) is 21.2 Å². The Balaban J connectivity index is 2.46. The topological polar surface area (TPSA) is 84.3 Å². The van der Waals surface area contributed by atoms with Crippen LogP contribution < -0.4 is 0 Å². The fourth-order valence-corrected chi connectivity index (χ4v) is 1.78. The highest BCUT2D eigenvalue weighted by atomic mass is 35.5. The first-order valence-corrected chi connectivity index (χ1v) is 4.34. The van der Waals surface area contributed by atoms with Gasteiger partial charge >= 0.3 is 0 Å². The Morgan fingerprint density at radius 3 is 2.71 bits per heavy atom. The molecule has 0 amide bonds. The molecule has 0 unspecified atom stereocenters. The van der Waals surface area contributed by atoms with Crippen LogP contribution in [0.4, 0.5) is 0 Å². The fraction of sp³-hybridized carbons (Fsp3) is 0.571. The number of Topliss-reactive ketones (excluding diaryl/α,β-unsaturated/α-hetero) is 1. The molecule has 0 bridgehead atoms. The molecule has 1 saturated heterocycles. The minimum atomic E-state index is -1.22. The lowest BCUT2D eigenvalue weighted by atomic mass is 10.2. The second kappa shape index (κ2) is 3.25. The van der Waals surface area contributed by atoms with Gasteiger partial charge in [0.2, 0.25) is 5.79 Å². The zero-order valence-electron chi connectivity index (χ0n) is 7.07. The quantitative estimate of drug-likeness (QED) is 0.377. The maximum absolute atomic E-state index is 11.3. The van der Waals surface area contributed by atoms with Gasteiger partial charge in [0.05, 0.1) is 30.4 Å². The van der Waals surface area contributed by atoms with Crippen molar-refractivity contribution >= 4 is 17.4 Å². The first-order valence-electron chi connectivity index (χ1n) is 3.96. The van der Waals surface area contributed by atoms with Crippen LogP contribution >= 0.6 is 11.6 Å². The SMILES string of the molecule is [N-]=[N+]=NC1=C(Cl)C(=O)CC12OCCO2. The van der Waals surface area contributed by atoms with E-state index < -0.39 is 5.79 Å². The van der Waals surface area contributed by atoms with Crippen LogP contribution in [-0.4, -0.2) is 24.8 Å². The normalized spacial score (nSPS) is 24.5. The van der Waals surface area contributed by atoms with Crippen LogP contribution in [-0.2, 0) is 14.3 Å². The van der Waals surface area contributed by atoms with Gasteiger partial charge in [-0.1, -0.05) is 16.7 Å². The number of ether oxygens (including phenoxy) is 2. The number of azide groups is 1. The summed E-state index contributed by atoms with van der Waals surface area (Å²) in [5.41, 5.74) is 8.36. The highest BCUT2D eigenvalue weighted by Gasteiger charge is 2.49. The van der Waals surface area contributed by atoms with Gasteiger partial charge in [-0.05, 0) is 5.53 Å². The number of hydrogen-bond donors (Lipinski definition) is 0. The molecule has 1 fully saturated rings. The van der Waals surface area contributed by atoms with Crippen molar-refractivity contribution in [2.45, 2.75) is 12.2 Å². The summed E-state index contributed by atoms with van der Waals surface area (Å²) in [4.78, 5) is 13.9. The van der Waals surface area contributed by atoms with E-state index in [1.807, 2.05) is 0 Å². The molecule has 2 rings (SSSR count). The minimum absolute atomic E-state index is 0.0137. The molecule has 1 aliphatic heterocycles. The first-order chi connectivity index (χ1) is 6.69. The first kappa shape index (κ1) is 9.48. The van der Waals surface area contributed by atoms with Crippen LogP contribution in [0.2, 0.25) is 0 Å². The van der Waals surface area contributed by atoms with Gasteiger partial charge in [0.15, 0.2) is 5.78 Å². The fourth-order valence-electron chi connectivity index (χ4n) is 1.53. The van der Waals surface area contributed by atoms with Gasteiger partial charge in [-0.2, -0.15) is 0 Å². The summed E-state index contributed by atoms with van der Waals surface area (Å²) >= 11 is 5.68. The summed E-state index contributed by atoms with van der Waals surface area (Å²) in [5.74, 6) is -1.55. The van der Waals surface area contributed by atoms with Crippen LogP contribution in [0.5, 0.6) is 0 Å². The van der Waals surface area contributed by atoms with E-state index in [1.165, 1.54) is 0 Å². The summed E-state index contributed by atoms with van der Waals surface area (Å²) in [5, 5.41) is 3.25. The van der Waals surface area contributed by atoms with E-state index in [1.54, 1.807) is 0 Å². The Kier molecular flexibility index (Phi) is 2.20. The average molecular weight is 216 g/mol. The van der Waals surface area contributed by atoms with Gasteiger partial charge < -0.3 is 9.47 Å². The van der Waals surface area contributed by atoms with Gasteiger partial charge in [-0.25, -0.2) is 0 Å². The van der Waals surface area contributed by atoms with Gasteiger partial charge in [0.25, 0.3) is 0 Å². The molecule has 0 atom stereocenters. The number of rotatable bonds is 1. The minimum Gasteiger partial charge on any atom is -0.343 e. The highest BCUT2D eigenvalue weighted by Crippen LogP contribution is 2.42. The molecular formula is C7H6ClN3O3. The maximum Gasteiger partial charge on any atom is 0.206 e. The Morgan fingerprint density at radius 2 is 2.14 bits per heavy atom. The summed E-state index contributed by atoms with van der Waals surface area (Å²) in [6.07, 6.45) is -0.0137. The van der Waals surface area contributed by atoms with Crippen molar-refractivity contribution in [1.29, 1.82) is 0 Å². The summed E-state index contributed by atoms with van der Waals surface area (Å²) in [6.45, 7) is 0.726. The summed E-state index contributed by atoms with van der Waals surface area (Å²) < 4.78 is 10.5. The number of nitrogens with zero attached hydrogens (tertiary/aromatic N) is 3. The summed E-state index contributed by atoms with van der Waals surface area (Å²) in [7, 11) is 0. The number of halogens is 1. The van der Waals surface area contributed by atoms with E-state index >= 15 is 0 Å². The molecule has 0 aromatic carbocycles. The van der Waals surface area contributed by atoms with E-state index in [9.17, 15) is 4.79 Å².